The fourth-order valence-electron chi connectivity index (χ4n) is 4.52. The van der Waals surface area contributed by atoms with Crippen LogP contribution in [0.1, 0.15) is 35.6 Å². The molecule has 148 valence electrons. The Morgan fingerprint density at radius 3 is 2.28 bits per heavy atom. The van der Waals surface area contributed by atoms with E-state index in [-0.39, 0.29) is 11.9 Å². The molecule has 1 fully saturated rings. The maximum absolute atomic E-state index is 13.5. The van der Waals surface area contributed by atoms with Gasteiger partial charge in [0, 0.05) is 30.6 Å². The fraction of sp³-hybridized carbons (Fsp3) is 0.280. The van der Waals surface area contributed by atoms with E-state index in [4.69, 9.17) is 0 Å². The SMILES string of the molecule is Fc1ccc(C2c3ccccc3SN2C2CCN(Cc3ccccc3)CC2)cc1. The zero-order valence-electron chi connectivity index (χ0n) is 16.4. The van der Waals surface area contributed by atoms with Crippen LogP contribution in [0.5, 0.6) is 0 Å². The highest BCUT2D eigenvalue weighted by molar-refractivity contribution is 7.97. The van der Waals surface area contributed by atoms with Crippen LogP contribution in [0.2, 0.25) is 0 Å². The van der Waals surface area contributed by atoms with Crippen LogP contribution < -0.4 is 0 Å². The van der Waals surface area contributed by atoms with Gasteiger partial charge in [-0.15, -0.1) is 0 Å². The number of halogens is 1. The molecular formula is C25H25FN2S. The molecule has 3 aromatic carbocycles. The molecule has 0 spiro atoms. The normalized spacial score (nSPS) is 20.7. The average Bonchev–Trinajstić information content (AvgIpc) is 3.15. The summed E-state index contributed by atoms with van der Waals surface area (Å²) in [6.45, 7) is 3.26. The summed E-state index contributed by atoms with van der Waals surface area (Å²) in [6, 6.07) is 27.2. The Hall–Kier alpha value is -2.14. The van der Waals surface area contributed by atoms with Crippen molar-refractivity contribution in [2.75, 3.05) is 13.1 Å². The van der Waals surface area contributed by atoms with Crippen molar-refractivity contribution >= 4 is 11.9 Å². The molecule has 4 heteroatoms. The Morgan fingerprint density at radius 2 is 1.52 bits per heavy atom. The van der Waals surface area contributed by atoms with E-state index in [1.54, 1.807) is 12.1 Å². The van der Waals surface area contributed by atoms with E-state index in [2.05, 4.69) is 63.8 Å². The van der Waals surface area contributed by atoms with Gasteiger partial charge in [-0.2, -0.15) is 0 Å². The third kappa shape index (κ3) is 3.97. The quantitative estimate of drug-likeness (QED) is 0.500. The molecule has 2 heterocycles. The molecule has 0 amide bonds. The smallest absolute Gasteiger partial charge is 0.123 e. The minimum Gasteiger partial charge on any atom is -0.299 e. The standard InChI is InChI=1S/C25H25FN2S/c26-21-12-10-20(11-13-21)25-23-8-4-5-9-24(23)29-28(25)22-14-16-27(17-15-22)18-19-6-2-1-3-7-19/h1-13,22,25H,14-18H2. The number of hydrogen-bond donors (Lipinski definition) is 0. The van der Waals surface area contributed by atoms with E-state index in [1.807, 2.05) is 24.1 Å². The van der Waals surface area contributed by atoms with Crippen LogP contribution in [0.3, 0.4) is 0 Å². The molecule has 2 aliphatic heterocycles. The summed E-state index contributed by atoms with van der Waals surface area (Å²) in [5, 5.41) is 0. The number of fused-ring (bicyclic) bond motifs is 1. The van der Waals surface area contributed by atoms with Gasteiger partial charge < -0.3 is 0 Å². The van der Waals surface area contributed by atoms with E-state index < -0.39 is 0 Å². The van der Waals surface area contributed by atoms with Crippen molar-refractivity contribution in [3.05, 3.63) is 101 Å². The molecule has 3 aromatic rings. The molecule has 1 unspecified atom stereocenters. The van der Waals surface area contributed by atoms with Crippen LogP contribution in [0, 0.1) is 5.82 Å². The van der Waals surface area contributed by atoms with Crippen molar-refractivity contribution in [2.45, 2.75) is 36.4 Å². The van der Waals surface area contributed by atoms with Gasteiger partial charge in [0.1, 0.15) is 5.82 Å². The number of likely N-dealkylation sites (tertiary alicyclic amines) is 1. The lowest BCUT2D eigenvalue weighted by Crippen LogP contribution is -2.42. The van der Waals surface area contributed by atoms with Gasteiger partial charge in [0.15, 0.2) is 0 Å². The first kappa shape index (κ1) is 18.9. The second kappa shape index (κ2) is 8.31. The molecule has 0 bridgehead atoms. The van der Waals surface area contributed by atoms with Gasteiger partial charge >= 0.3 is 0 Å². The van der Waals surface area contributed by atoms with Gasteiger partial charge in [-0.1, -0.05) is 60.7 Å². The summed E-state index contributed by atoms with van der Waals surface area (Å²) in [5.41, 5.74) is 3.91. The summed E-state index contributed by atoms with van der Waals surface area (Å²) < 4.78 is 16.1. The van der Waals surface area contributed by atoms with Crippen molar-refractivity contribution in [1.82, 2.24) is 9.21 Å². The Kier molecular flexibility index (Phi) is 5.40. The molecular weight excluding hydrogens is 379 g/mol. The van der Waals surface area contributed by atoms with E-state index in [1.165, 1.54) is 21.6 Å². The first-order valence-electron chi connectivity index (χ1n) is 10.3. The van der Waals surface area contributed by atoms with Gasteiger partial charge in [-0.05, 0) is 59.7 Å². The Bertz CT molecular complexity index is 952. The number of piperidine rings is 1. The molecule has 29 heavy (non-hydrogen) atoms. The Balaban J connectivity index is 1.33. The van der Waals surface area contributed by atoms with Crippen molar-refractivity contribution < 1.29 is 4.39 Å². The van der Waals surface area contributed by atoms with Crippen LogP contribution >= 0.6 is 11.9 Å². The van der Waals surface area contributed by atoms with Crippen LogP contribution in [0.25, 0.3) is 0 Å². The third-order valence-corrected chi connectivity index (χ3v) is 7.31. The van der Waals surface area contributed by atoms with Crippen molar-refractivity contribution in [2.24, 2.45) is 0 Å². The molecule has 2 aliphatic rings. The highest BCUT2D eigenvalue weighted by Gasteiger charge is 2.38. The van der Waals surface area contributed by atoms with Crippen LogP contribution in [-0.2, 0) is 6.54 Å². The van der Waals surface area contributed by atoms with Gasteiger partial charge in [-0.3, -0.25) is 4.90 Å². The minimum absolute atomic E-state index is 0.173. The molecule has 5 rings (SSSR count). The second-order valence-corrected chi connectivity index (χ2v) is 8.98. The summed E-state index contributed by atoms with van der Waals surface area (Å²) in [4.78, 5) is 3.89. The molecule has 0 aromatic heterocycles. The highest BCUT2D eigenvalue weighted by Crippen LogP contribution is 2.49. The highest BCUT2D eigenvalue weighted by atomic mass is 32.2. The topological polar surface area (TPSA) is 6.48 Å². The number of nitrogens with zero attached hydrogens (tertiary/aromatic N) is 2. The summed E-state index contributed by atoms with van der Waals surface area (Å²) in [6.07, 6.45) is 2.32. The van der Waals surface area contributed by atoms with E-state index in [0.29, 0.717) is 6.04 Å². The first-order chi connectivity index (χ1) is 14.3. The Morgan fingerprint density at radius 1 is 0.828 bits per heavy atom. The number of hydrogen-bond acceptors (Lipinski definition) is 3. The predicted molar refractivity (Wildman–Crippen MR) is 117 cm³/mol. The zero-order valence-corrected chi connectivity index (χ0v) is 17.2. The molecule has 0 aliphatic carbocycles. The van der Waals surface area contributed by atoms with Crippen LogP contribution in [-0.4, -0.2) is 28.3 Å². The number of benzene rings is 3. The van der Waals surface area contributed by atoms with Crippen molar-refractivity contribution in [3.63, 3.8) is 0 Å². The lowest BCUT2D eigenvalue weighted by molar-refractivity contribution is 0.150. The maximum Gasteiger partial charge on any atom is 0.123 e. The van der Waals surface area contributed by atoms with Crippen LogP contribution in [0.4, 0.5) is 4.39 Å². The minimum atomic E-state index is -0.173. The third-order valence-electron chi connectivity index (χ3n) is 6.02. The molecule has 1 atom stereocenters. The zero-order chi connectivity index (χ0) is 19.6. The monoisotopic (exact) mass is 404 g/mol. The lowest BCUT2D eigenvalue weighted by Gasteiger charge is -2.38. The molecule has 1 saturated heterocycles. The average molecular weight is 405 g/mol. The molecule has 0 saturated carbocycles. The summed E-state index contributed by atoms with van der Waals surface area (Å²) in [5.74, 6) is -0.173. The maximum atomic E-state index is 13.5. The van der Waals surface area contributed by atoms with E-state index in [0.717, 1.165) is 32.5 Å². The summed E-state index contributed by atoms with van der Waals surface area (Å²) >= 11 is 1.88. The van der Waals surface area contributed by atoms with Gasteiger partial charge in [0.05, 0.1) is 6.04 Å². The van der Waals surface area contributed by atoms with Crippen molar-refractivity contribution in [3.8, 4) is 0 Å². The largest absolute Gasteiger partial charge is 0.299 e. The van der Waals surface area contributed by atoms with Gasteiger partial charge in [-0.25, -0.2) is 8.70 Å². The molecule has 0 radical (unpaired) electrons. The Labute approximate surface area is 176 Å². The van der Waals surface area contributed by atoms with E-state index in [9.17, 15) is 4.39 Å². The van der Waals surface area contributed by atoms with E-state index >= 15 is 0 Å². The number of rotatable bonds is 4. The predicted octanol–water partition coefficient (Wildman–Crippen LogP) is 5.90. The van der Waals surface area contributed by atoms with Gasteiger partial charge in [0.25, 0.3) is 0 Å². The molecule has 0 N–H and O–H groups in total. The summed E-state index contributed by atoms with van der Waals surface area (Å²) in [7, 11) is 0. The first-order valence-corrected chi connectivity index (χ1v) is 11.1. The fourth-order valence-corrected chi connectivity index (χ4v) is 5.88. The lowest BCUT2D eigenvalue weighted by atomic mass is 9.95. The second-order valence-electron chi connectivity index (χ2n) is 7.94. The van der Waals surface area contributed by atoms with Crippen molar-refractivity contribution in [1.29, 1.82) is 0 Å². The van der Waals surface area contributed by atoms with Crippen LogP contribution in [0.15, 0.2) is 83.8 Å². The molecule has 2 nitrogen and oxygen atoms in total. The van der Waals surface area contributed by atoms with Gasteiger partial charge in [0.2, 0.25) is 0 Å².